The molecule has 4 nitrogen and oxygen atoms in total. The first-order valence-corrected chi connectivity index (χ1v) is 6.33. The van der Waals surface area contributed by atoms with Crippen LogP contribution >= 0.6 is 11.6 Å². The molecule has 1 aromatic rings. The topological polar surface area (TPSA) is 44.7 Å². The molecule has 1 amide bonds. The number of hydrazone groups is 1. The van der Waals surface area contributed by atoms with E-state index in [1.165, 1.54) is 0 Å². The zero-order valence-electron chi connectivity index (χ0n) is 10.3. The maximum absolute atomic E-state index is 11.8. The minimum Gasteiger partial charge on any atom is -0.306 e. The third-order valence-corrected chi connectivity index (χ3v) is 3.20. The Balaban J connectivity index is 1.94. The zero-order chi connectivity index (χ0) is 13.0. The van der Waals surface area contributed by atoms with E-state index in [1.54, 1.807) is 24.3 Å². The molecule has 1 heterocycles. The molecule has 1 N–H and O–H groups in total. The molecule has 0 bridgehead atoms. The van der Waals surface area contributed by atoms with Crippen molar-refractivity contribution in [3.05, 3.63) is 34.9 Å². The summed E-state index contributed by atoms with van der Waals surface area (Å²) in [6.45, 7) is 1.98. The minimum absolute atomic E-state index is 0.219. The van der Waals surface area contributed by atoms with Crippen LogP contribution in [-0.2, 0) is 0 Å². The van der Waals surface area contributed by atoms with Crippen molar-refractivity contribution < 1.29 is 4.79 Å². The van der Waals surface area contributed by atoms with Crippen LogP contribution in [0.3, 0.4) is 0 Å². The van der Waals surface area contributed by atoms with E-state index in [9.17, 15) is 4.79 Å². The number of amides is 1. The van der Waals surface area contributed by atoms with Crippen molar-refractivity contribution >= 4 is 23.2 Å². The maximum Gasteiger partial charge on any atom is 0.271 e. The van der Waals surface area contributed by atoms with Gasteiger partial charge in [0.15, 0.2) is 0 Å². The van der Waals surface area contributed by atoms with E-state index in [0.29, 0.717) is 10.6 Å². The number of benzene rings is 1. The standard InChI is InChI=1S/C13H16ClN3O/c1-17-7-5-12(6-8-17)15-16-13(18)10-3-2-4-11(14)9-10/h2-4,9H,5-8H2,1H3,(H,16,18). The van der Waals surface area contributed by atoms with Crippen LogP contribution in [0.25, 0.3) is 0 Å². The monoisotopic (exact) mass is 265 g/mol. The smallest absolute Gasteiger partial charge is 0.271 e. The molecule has 1 fully saturated rings. The minimum atomic E-state index is -0.219. The maximum atomic E-state index is 11.8. The molecule has 0 spiro atoms. The molecule has 5 heteroatoms. The first kappa shape index (κ1) is 13.1. The predicted molar refractivity (Wildman–Crippen MR) is 73.1 cm³/mol. The van der Waals surface area contributed by atoms with Gasteiger partial charge < -0.3 is 4.90 Å². The van der Waals surface area contributed by atoms with Gasteiger partial charge in [-0.2, -0.15) is 5.10 Å². The first-order valence-electron chi connectivity index (χ1n) is 5.95. The van der Waals surface area contributed by atoms with Crippen LogP contribution in [-0.4, -0.2) is 36.7 Å². The molecule has 0 aliphatic carbocycles. The second kappa shape index (κ2) is 5.98. The molecule has 2 rings (SSSR count). The van der Waals surface area contributed by atoms with Gasteiger partial charge in [0.25, 0.3) is 5.91 Å². The Morgan fingerprint density at radius 1 is 1.39 bits per heavy atom. The van der Waals surface area contributed by atoms with Gasteiger partial charge in [-0.1, -0.05) is 17.7 Å². The number of nitrogens with zero attached hydrogens (tertiary/aromatic N) is 2. The van der Waals surface area contributed by atoms with Gasteiger partial charge in [0.1, 0.15) is 0 Å². The fourth-order valence-electron chi connectivity index (χ4n) is 1.81. The molecule has 1 aliphatic heterocycles. The van der Waals surface area contributed by atoms with Gasteiger partial charge in [-0.25, -0.2) is 5.43 Å². The number of piperidine rings is 1. The summed E-state index contributed by atoms with van der Waals surface area (Å²) in [4.78, 5) is 14.1. The molecule has 0 aromatic heterocycles. The van der Waals surface area contributed by atoms with E-state index in [0.717, 1.165) is 31.6 Å². The Kier molecular flexibility index (Phi) is 4.33. The van der Waals surface area contributed by atoms with E-state index in [4.69, 9.17) is 11.6 Å². The fourth-order valence-corrected chi connectivity index (χ4v) is 2.00. The Labute approximate surface area is 112 Å². The van der Waals surface area contributed by atoms with Crippen LogP contribution in [0.2, 0.25) is 5.02 Å². The third-order valence-electron chi connectivity index (χ3n) is 2.97. The Morgan fingerprint density at radius 2 is 2.11 bits per heavy atom. The number of rotatable bonds is 2. The highest BCUT2D eigenvalue weighted by Gasteiger charge is 2.12. The van der Waals surface area contributed by atoms with Crippen LogP contribution in [0.15, 0.2) is 29.4 Å². The number of nitrogens with one attached hydrogen (secondary N) is 1. The summed E-state index contributed by atoms with van der Waals surface area (Å²) in [5, 5.41) is 4.72. The molecule has 1 aromatic carbocycles. The quantitative estimate of drug-likeness (QED) is 0.833. The van der Waals surface area contributed by atoms with Crippen LogP contribution < -0.4 is 5.43 Å². The molecule has 0 saturated carbocycles. The average molecular weight is 266 g/mol. The fraction of sp³-hybridized carbons (Fsp3) is 0.385. The highest BCUT2D eigenvalue weighted by molar-refractivity contribution is 6.30. The zero-order valence-corrected chi connectivity index (χ0v) is 11.1. The Bertz CT molecular complexity index is 463. The van der Waals surface area contributed by atoms with Crippen molar-refractivity contribution in [1.29, 1.82) is 0 Å². The van der Waals surface area contributed by atoms with E-state index in [1.807, 2.05) is 0 Å². The molecule has 1 saturated heterocycles. The number of carbonyl (C=O) groups is 1. The lowest BCUT2D eigenvalue weighted by atomic mass is 10.1. The van der Waals surface area contributed by atoms with E-state index >= 15 is 0 Å². The van der Waals surface area contributed by atoms with Gasteiger partial charge >= 0.3 is 0 Å². The van der Waals surface area contributed by atoms with Gasteiger partial charge in [0.2, 0.25) is 0 Å². The summed E-state index contributed by atoms with van der Waals surface area (Å²) >= 11 is 5.83. The second-order valence-electron chi connectivity index (χ2n) is 4.43. The van der Waals surface area contributed by atoms with Crippen molar-refractivity contribution in [1.82, 2.24) is 10.3 Å². The molecule has 0 radical (unpaired) electrons. The third kappa shape index (κ3) is 3.55. The number of hydrogen-bond donors (Lipinski definition) is 1. The highest BCUT2D eigenvalue weighted by atomic mass is 35.5. The average Bonchev–Trinajstić information content (AvgIpc) is 2.38. The van der Waals surface area contributed by atoms with Crippen LogP contribution in [0.5, 0.6) is 0 Å². The second-order valence-corrected chi connectivity index (χ2v) is 4.87. The summed E-state index contributed by atoms with van der Waals surface area (Å²) in [7, 11) is 2.08. The van der Waals surface area contributed by atoms with Crippen molar-refractivity contribution in [2.45, 2.75) is 12.8 Å². The van der Waals surface area contributed by atoms with E-state index in [-0.39, 0.29) is 5.91 Å². The summed E-state index contributed by atoms with van der Waals surface area (Å²) in [5.41, 5.74) is 4.16. The number of hydrogen-bond acceptors (Lipinski definition) is 3. The Hall–Kier alpha value is -1.39. The summed E-state index contributed by atoms with van der Waals surface area (Å²) in [6, 6.07) is 6.84. The normalized spacial score (nSPS) is 16.4. The Morgan fingerprint density at radius 3 is 2.78 bits per heavy atom. The van der Waals surface area contributed by atoms with Crippen molar-refractivity contribution in [3.8, 4) is 0 Å². The predicted octanol–water partition coefficient (Wildman–Crippen LogP) is 2.15. The lowest BCUT2D eigenvalue weighted by Gasteiger charge is -2.22. The molecule has 18 heavy (non-hydrogen) atoms. The van der Waals surface area contributed by atoms with Gasteiger partial charge in [0, 0.05) is 42.2 Å². The molecule has 96 valence electrons. The number of halogens is 1. The molecular weight excluding hydrogens is 250 g/mol. The van der Waals surface area contributed by atoms with Crippen molar-refractivity contribution in [2.24, 2.45) is 5.10 Å². The van der Waals surface area contributed by atoms with Crippen molar-refractivity contribution in [2.75, 3.05) is 20.1 Å². The summed E-state index contributed by atoms with van der Waals surface area (Å²) in [5.74, 6) is -0.219. The van der Waals surface area contributed by atoms with Crippen LogP contribution in [0.4, 0.5) is 0 Å². The van der Waals surface area contributed by atoms with Crippen LogP contribution in [0.1, 0.15) is 23.2 Å². The molecular formula is C13H16ClN3O. The number of carbonyl (C=O) groups excluding carboxylic acids is 1. The first-order chi connectivity index (χ1) is 8.65. The summed E-state index contributed by atoms with van der Waals surface area (Å²) < 4.78 is 0. The molecule has 1 aliphatic rings. The van der Waals surface area contributed by atoms with Gasteiger partial charge in [-0.15, -0.1) is 0 Å². The largest absolute Gasteiger partial charge is 0.306 e. The highest BCUT2D eigenvalue weighted by Crippen LogP contribution is 2.10. The van der Waals surface area contributed by atoms with Gasteiger partial charge in [-0.05, 0) is 25.2 Å². The van der Waals surface area contributed by atoms with Crippen molar-refractivity contribution in [3.63, 3.8) is 0 Å². The van der Waals surface area contributed by atoms with Crippen LogP contribution in [0, 0.1) is 0 Å². The lowest BCUT2D eigenvalue weighted by Crippen LogP contribution is -2.32. The SMILES string of the molecule is CN1CCC(=NNC(=O)c2cccc(Cl)c2)CC1. The van der Waals surface area contributed by atoms with Gasteiger partial charge in [-0.3, -0.25) is 4.79 Å². The molecule has 0 unspecified atom stereocenters. The lowest BCUT2D eigenvalue weighted by molar-refractivity contribution is 0.0954. The van der Waals surface area contributed by atoms with E-state index < -0.39 is 0 Å². The summed E-state index contributed by atoms with van der Waals surface area (Å²) in [6.07, 6.45) is 1.82. The molecule has 0 atom stereocenters. The number of likely N-dealkylation sites (tertiary alicyclic amines) is 1. The van der Waals surface area contributed by atoms with E-state index in [2.05, 4.69) is 22.5 Å². The van der Waals surface area contributed by atoms with Gasteiger partial charge in [0.05, 0.1) is 0 Å².